The largest absolute Gasteiger partial charge is 0.399 e. The van der Waals surface area contributed by atoms with E-state index in [0.29, 0.717) is 0 Å². The lowest BCUT2D eigenvalue weighted by Gasteiger charge is -2.34. The summed E-state index contributed by atoms with van der Waals surface area (Å²) in [6.45, 7) is 3.03. The Morgan fingerprint density at radius 3 is 1.66 bits per heavy atom. The third-order valence-electron chi connectivity index (χ3n) is 5.99. The Balaban J connectivity index is 1.86. The van der Waals surface area contributed by atoms with Gasteiger partial charge in [0.1, 0.15) is 0 Å². The van der Waals surface area contributed by atoms with Gasteiger partial charge < -0.3 is 11.1 Å². The molecule has 0 fully saturated rings. The SMILES string of the molecule is CCNc1ccc(C2(c3ccc(N)cc3)c3ccccc3-c3ccccc32)cc1. The van der Waals surface area contributed by atoms with Gasteiger partial charge in [0, 0.05) is 17.9 Å². The predicted octanol–water partition coefficient (Wildman–Crippen LogP) is 6.06. The van der Waals surface area contributed by atoms with Crippen molar-refractivity contribution < 1.29 is 0 Å². The molecule has 0 heterocycles. The van der Waals surface area contributed by atoms with Crippen LogP contribution in [0.1, 0.15) is 29.2 Å². The Morgan fingerprint density at radius 1 is 0.655 bits per heavy atom. The fraction of sp³-hybridized carbons (Fsp3) is 0.111. The van der Waals surface area contributed by atoms with Crippen molar-refractivity contribution in [1.82, 2.24) is 0 Å². The highest BCUT2D eigenvalue weighted by Gasteiger charge is 2.45. The minimum Gasteiger partial charge on any atom is -0.399 e. The van der Waals surface area contributed by atoms with Crippen molar-refractivity contribution >= 4 is 11.4 Å². The molecule has 0 unspecified atom stereocenters. The van der Waals surface area contributed by atoms with E-state index in [0.717, 1.165) is 17.9 Å². The number of rotatable bonds is 4. The number of anilines is 2. The highest BCUT2D eigenvalue weighted by atomic mass is 14.8. The monoisotopic (exact) mass is 376 g/mol. The van der Waals surface area contributed by atoms with E-state index in [1.165, 1.54) is 33.4 Å². The zero-order valence-corrected chi connectivity index (χ0v) is 16.5. The van der Waals surface area contributed by atoms with E-state index in [-0.39, 0.29) is 5.41 Å². The molecular weight excluding hydrogens is 352 g/mol. The molecule has 2 heteroatoms. The zero-order valence-electron chi connectivity index (χ0n) is 16.5. The summed E-state index contributed by atoms with van der Waals surface area (Å²) in [7, 11) is 0. The molecule has 3 N–H and O–H groups in total. The van der Waals surface area contributed by atoms with Crippen LogP contribution in [0.15, 0.2) is 97.1 Å². The van der Waals surface area contributed by atoms with Gasteiger partial charge in [0.2, 0.25) is 0 Å². The van der Waals surface area contributed by atoms with E-state index < -0.39 is 0 Å². The van der Waals surface area contributed by atoms with Crippen LogP contribution in [-0.4, -0.2) is 6.54 Å². The Kier molecular flexibility index (Phi) is 4.13. The van der Waals surface area contributed by atoms with E-state index in [1.54, 1.807) is 0 Å². The Hall–Kier alpha value is -3.52. The molecule has 4 aromatic carbocycles. The molecule has 0 amide bonds. The molecule has 0 aromatic heterocycles. The van der Waals surface area contributed by atoms with E-state index in [2.05, 4.69) is 97.2 Å². The highest BCUT2D eigenvalue weighted by molar-refractivity contribution is 5.86. The minimum absolute atomic E-state index is 0.356. The molecule has 0 bridgehead atoms. The van der Waals surface area contributed by atoms with Gasteiger partial charge in [0.05, 0.1) is 5.41 Å². The van der Waals surface area contributed by atoms with E-state index in [4.69, 9.17) is 5.73 Å². The van der Waals surface area contributed by atoms with Crippen LogP contribution in [-0.2, 0) is 5.41 Å². The lowest BCUT2D eigenvalue weighted by atomic mass is 9.67. The fourth-order valence-corrected chi connectivity index (χ4v) is 4.80. The van der Waals surface area contributed by atoms with E-state index >= 15 is 0 Å². The van der Waals surface area contributed by atoms with Crippen LogP contribution in [0.3, 0.4) is 0 Å². The number of nitrogens with one attached hydrogen (secondary N) is 1. The topological polar surface area (TPSA) is 38.0 Å². The van der Waals surface area contributed by atoms with Gasteiger partial charge in [-0.15, -0.1) is 0 Å². The second kappa shape index (κ2) is 6.82. The van der Waals surface area contributed by atoms with Gasteiger partial charge in [0.15, 0.2) is 0 Å². The van der Waals surface area contributed by atoms with Gasteiger partial charge in [-0.05, 0) is 64.6 Å². The lowest BCUT2D eigenvalue weighted by molar-refractivity contribution is 0.769. The van der Waals surface area contributed by atoms with Crippen LogP contribution >= 0.6 is 0 Å². The van der Waals surface area contributed by atoms with Crippen LogP contribution in [0, 0.1) is 0 Å². The quantitative estimate of drug-likeness (QED) is 0.374. The van der Waals surface area contributed by atoms with Crippen LogP contribution in [0.5, 0.6) is 0 Å². The summed E-state index contributed by atoms with van der Waals surface area (Å²) in [6.07, 6.45) is 0. The fourth-order valence-electron chi connectivity index (χ4n) is 4.80. The molecule has 142 valence electrons. The average molecular weight is 377 g/mol. The number of nitrogens with two attached hydrogens (primary N) is 1. The number of hydrogen-bond acceptors (Lipinski definition) is 2. The molecule has 4 aromatic rings. The predicted molar refractivity (Wildman–Crippen MR) is 122 cm³/mol. The standard InChI is InChI=1S/C27H24N2/c1-2-29-22-17-13-20(14-18-22)27(19-11-15-21(28)16-12-19)25-9-5-3-7-23(25)24-8-4-6-10-26(24)27/h3-18,29H,2,28H2,1H3. The molecule has 0 aliphatic heterocycles. The smallest absolute Gasteiger partial charge is 0.0713 e. The number of nitrogen functional groups attached to an aromatic ring is 1. The molecule has 0 spiro atoms. The van der Waals surface area contributed by atoms with Gasteiger partial charge >= 0.3 is 0 Å². The molecule has 0 saturated carbocycles. The van der Waals surface area contributed by atoms with Gasteiger partial charge in [-0.3, -0.25) is 0 Å². The van der Waals surface area contributed by atoms with Gasteiger partial charge in [-0.2, -0.15) is 0 Å². The first-order valence-electron chi connectivity index (χ1n) is 10.1. The van der Waals surface area contributed by atoms with Gasteiger partial charge in [0.25, 0.3) is 0 Å². The molecule has 0 atom stereocenters. The van der Waals surface area contributed by atoms with Crippen LogP contribution in [0.2, 0.25) is 0 Å². The van der Waals surface area contributed by atoms with E-state index in [1.807, 2.05) is 12.1 Å². The molecule has 5 rings (SSSR count). The van der Waals surface area contributed by atoms with E-state index in [9.17, 15) is 0 Å². The first-order valence-corrected chi connectivity index (χ1v) is 10.1. The third kappa shape index (κ3) is 2.56. The Bertz CT molecular complexity index is 1110. The summed E-state index contributed by atoms with van der Waals surface area (Å²) >= 11 is 0. The van der Waals surface area contributed by atoms with Crippen molar-refractivity contribution in [2.24, 2.45) is 0 Å². The third-order valence-corrected chi connectivity index (χ3v) is 5.99. The summed E-state index contributed by atoms with van der Waals surface area (Å²) in [6, 6.07) is 34.8. The summed E-state index contributed by atoms with van der Waals surface area (Å²) in [5, 5.41) is 3.41. The summed E-state index contributed by atoms with van der Waals surface area (Å²) in [4.78, 5) is 0. The number of benzene rings is 4. The molecule has 0 radical (unpaired) electrons. The molecule has 1 aliphatic rings. The maximum Gasteiger partial charge on any atom is 0.0713 e. The maximum atomic E-state index is 6.04. The molecule has 0 saturated heterocycles. The maximum absolute atomic E-state index is 6.04. The van der Waals surface area contributed by atoms with Crippen LogP contribution in [0.4, 0.5) is 11.4 Å². The van der Waals surface area contributed by atoms with Crippen molar-refractivity contribution in [2.45, 2.75) is 12.3 Å². The molecule has 1 aliphatic carbocycles. The van der Waals surface area contributed by atoms with Crippen molar-refractivity contribution in [3.8, 4) is 11.1 Å². The number of fused-ring (bicyclic) bond motifs is 3. The number of hydrogen-bond donors (Lipinski definition) is 2. The summed E-state index contributed by atoms with van der Waals surface area (Å²) in [5.74, 6) is 0. The molecule has 29 heavy (non-hydrogen) atoms. The van der Waals surface area contributed by atoms with Crippen molar-refractivity contribution in [3.63, 3.8) is 0 Å². The second-order valence-corrected chi connectivity index (χ2v) is 7.57. The highest BCUT2D eigenvalue weighted by Crippen LogP contribution is 2.55. The van der Waals surface area contributed by atoms with Gasteiger partial charge in [-0.1, -0.05) is 72.8 Å². The van der Waals surface area contributed by atoms with Crippen molar-refractivity contribution in [3.05, 3.63) is 119 Å². The normalized spacial score (nSPS) is 13.6. The first kappa shape index (κ1) is 17.6. The molecule has 2 nitrogen and oxygen atoms in total. The summed E-state index contributed by atoms with van der Waals surface area (Å²) < 4.78 is 0. The second-order valence-electron chi connectivity index (χ2n) is 7.57. The van der Waals surface area contributed by atoms with Crippen LogP contribution < -0.4 is 11.1 Å². The van der Waals surface area contributed by atoms with Crippen LogP contribution in [0.25, 0.3) is 11.1 Å². The van der Waals surface area contributed by atoms with Gasteiger partial charge in [-0.25, -0.2) is 0 Å². The Morgan fingerprint density at radius 2 is 1.14 bits per heavy atom. The minimum atomic E-state index is -0.356. The first-order chi connectivity index (χ1) is 14.2. The molecular formula is C27H24N2. The Labute approximate surface area is 172 Å². The van der Waals surface area contributed by atoms with Crippen molar-refractivity contribution in [2.75, 3.05) is 17.6 Å². The summed E-state index contributed by atoms with van der Waals surface area (Å²) in [5.41, 5.74) is 15.4. The van der Waals surface area contributed by atoms with Crippen molar-refractivity contribution in [1.29, 1.82) is 0 Å². The average Bonchev–Trinajstić information content (AvgIpc) is 3.07. The lowest BCUT2D eigenvalue weighted by Crippen LogP contribution is -2.28. The zero-order chi connectivity index (χ0) is 19.8.